The van der Waals surface area contributed by atoms with Crippen molar-refractivity contribution in [3.8, 4) is 0 Å². The second-order valence-electron chi connectivity index (χ2n) is 5.34. The quantitative estimate of drug-likeness (QED) is 0.884. The molecule has 1 atom stereocenters. The van der Waals surface area contributed by atoms with Gasteiger partial charge < -0.3 is 10.6 Å². The number of hydrogen-bond donors (Lipinski definition) is 2. The standard InChI is InChI=1S/C15H21F2N3O/c1-11(12-3-4-13(16)14(17)9-12)19-15(21)10-20-7-2-5-18-6-8-20/h3-4,9,11,18H,2,5-8,10H2,1H3,(H,19,21). The molecule has 6 heteroatoms. The molecule has 1 unspecified atom stereocenters. The van der Waals surface area contributed by atoms with Crippen molar-refractivity contribution in [2.75, 3.05) is 32.7 Å². The average Bonchev–Trinajstić information content (AvgIpc) is 2.70. The van der Waals surface area contributed by atoms with Crippen LogP contribution in [-0.2, 0) is 4.79 Å². The van der Waals surface area contributed by atoms with Crippen LogP contribution in [0.4, 0.5) is 8.78 Å². The normalized spacial score (nSPS) is 18.0. The minimum Gasteiger partial charge on any atom is -0.348 e. The molecule has 0 radical (unpaired) electrons. The number of nitrogens with one attached hydrogen (secondary N) is 2. The van der Waals surface area contributed by atoms with Gasteiger partial charge in [0, 0.05) is 13.1 Å². The zero-order valence-electron chi connectivity index (χ0n) is 12.2. The minimum atomic E-state index is -0.896. The first-order valence-corrected chi connectivity index (χ1v) is 7.23. The second-order valence-corrected chi connectivity index (χ2v) is 5.34. The Morgan fingerprint density at radius 3 is 2.90 bits per heavy atom. The molecule has 0 bridgehead atoms. The highest BCUT2D eigenvalue weighted by molar-refractivity contribution is 5.78. The molecule has 0 spiro atoms. The first-order chi connectivity index (χ1) is 10.1. The van der Waals surface area contributed by atoms with Gasteiger partial charge in [0.25, 0.3) is 0 Å². The Labute approximate surface area is 123 Å². The van der Waals surface area contributed by atoms with E-state index in [1.54, 1.807) is 6.92 Å². The van der Waals surface area contributed by atoms with Gasteiger partial charge in [0.2, 0.25) is 5.91 Å². The van der Waals surface area contributed by atoms with Gasteiger partial charge in [0.1, 0.15) is 0 Å². The van der Waals surface area contributed by atoms with E-state index in [2.05, 4.69) is 15.5 Å². The number of carbonyl (C=O) groups excluding carboxylic acids is 1. The average molecular weight is 297 g/mol. The van der Waals surface area contributed by atoms with Gasteiger partial charge >= 0.3 is 0 Å². The van der Waals surface area contributed by atoms with Gasteiger partial charge in [-0.2, -0.15) is 0 Å². The van der Waals surface area contributed by atoms with Crippen LogP contribution in [0.2, 0.25) is 0 Å². The predicted octanol–water partition coefficient (Wildman–Crippen LogP) is 1.44. The molecule has 1 aromatic carbocycles. The molecule has 1 heterocycles. The van der Waals surface area contributed by atoms with Crippen molar-refractivity contribution in [2.24, 2.45) is 0 Å². The summed E-state index contributed by atoms with van der Waals surface area (Å²) in [7, 11) is 0. The van der Waals surface area contributed by atoms with Crippen LogP contribution in [0, 0.1) is 11.6 Å². The lowest BCUT2D eigenvalue weighted by atomic mass is 10.1. The van der Waals surface area contributed by atoms with E-state index < -0.39 is 11.6 Å². The zero-order valence-corrected chi connectivity index (χ0v) is 12.2. The summed E-state index contributed by atoms with van der Waals surface area (Å²) >= 11 is 0. The zero-order chi connectivity index (χ0) is 15.2. The highest BCUT2D eigenvalue weighted by atomic mass is 19.2. The fourth-order valence-electron chi connectivity index (χ4n) is 2.42. The molecule has 1 aliphatic rings. The maximum Gasteiger partial charge on any atom is 0.234 e. The van der Waals surface area contributed by atoms with Crippen molar-refractivity contribution in [3.05, 3.63) is 35.4 Å². The molecule has 2 rings (SSSR count). The minimum absolute atomic E-state index is 0.103. The summed E-state index contributed by atoms with van der Waals surface area (Å²) in [5, 5.41) is 6.10. The van der Waals surface area contributed by atoms with Crippen molar-refractivity contribution in [1.29, 1.82) is 0 Å². The lowest BCUT2D eigenvalue weighted by molar-refractivity contribution is -0.122. The monoisotopic (exact) mass is 297 g/mol. The van der Waals surface area contributed by atoms with Gasteiger partial charge in [-0.25, -0.2) is 8.78 Å². The Morgan fingerprint density at radius 1 is 1.33 bits per heavy atom. The number of nitrogens with zero attached hydrogens (tertiary/aromatic N) is 1. The van der Waals surface area contributed by atoms with Gasteiger partial charge in [-0.15, -0.1) is 0 Å². The van der Waals surface area contributed by atoms with Crippen molar-refractivity contribution >= 4 is 5.91 Å². The summed E-state index contributed by atoms with van der Waals surface area (Å²) in [5.74, 6) is -1.88. The molecular formula is C15H21F2N3O. The predicted molar refractivity (Wildman–Crippen MR) is 76.8 cm³/mol. The summed E-state index contributed by atoms with van der Waals surface area (Å²) in [6.45, 7) is 5.67. The number of rotatable bonds is 4. The first kappa shape index (κ1) is 15.9. The summed E-state index contributed by atoms with van der Waals surface area (Å²) in [6, 6.07) is 3.33. The van der Waals surface area contributed by atoms with Crippen molar-refractivity contribution < 1.29 is 13.6 Å². The number of amides is 1. The Bertz CT molecular complexity index is 488. The summed E-state index contributed by atoms with van der Waals surface area (Å²) in [4.78, 5) is 14.1. The lowest BCUT2D eigenvalue weighted by Gasteiger charge is -2.21. The molecule has 0 saturated carbocycles. The Hall–Kier alpha value is -1.53. The fourth-order valence-corrected chi connectivity index (χ4v) is 2.42. The molecule has 1 saturated heterocycles. The third-order valence-corrected chi connectivity index (χ3v) is 3.62. The molecule has 1 aromatic rings. The molecule has 0 aliphatic carbocycles. The van der Waals surface area contributed by atoms with Crippen LogP contribution in [0.3, 0.4) is 0 Å². The Kier molecular flexibility index (Phi) is 5.64. The topological polar surface area (TPSA) is 44.4 Å². The summed E-state index contributed by atoms with van der Waals surface area (Å²) in [6.07, 6.45) is 1.02. The fraction of sp³-hybridized carbons (Fsp3) is 0.533. The largest absolute Gasteiger partial charge is 0.348 e. The van der Waals surface area contributed by atoms with E-state index >= 15 is 0 Å². The second kappa shape index (κ2) is 7.47. The van der Waals surface area contributed by atoms with Gasteiger partial charge in [0.05, 0.1) is 12.6 Å². The molecule has 1 fully saturated rings. The van der Waals surface area contributed by atoms with Crippen LogP contribution >= 0.6 is 0 Å². The molecular weight excluding hydrogens is 276 g/mol. The number of benzene rings is 1. The third kappa shape index (κ3) is 4.75. The van der Waals surface area contributed by atoms with E-state index in [1.165, 1.54) is 6.07 Å². The van der Waals surface area contributed by atoms with Crippen LogP contribution in [-0.4, -0.2) is 43.5 Å². The maximum absolute atomic E-state index is 13.2. The molecule has 2 N–H and O–H groups in total. The SMILES string of the molecule is CC(NC(=O)CN1CCCNCC1)c1ccc(F)c(F)c1. The van der Waals surface area contributed by atoms with Crippen LogP contribution in [0.1, 0.15) is 24.9 Å². The molecule has 116 valence electrons. The molecule has 1 amide bonds. The van der Waals surface area contributed by atoms with Gasteiger partial charge in [-0.1, -0.05) is 6.07 Å². The van der Waals surface area contributed by atoms with E-state index in [4.69, 9.17) is 0 Å². The van der Waals surface area contributed by atoms with Crippen LogP contribution in [0.5, 0.6) is 0 Å². The van der Waals surface area contributed by atoms with Crippen molar-refractivity contribution in [3.63, 3.8) is 0 Å². The smallest absolute Gasteiger partial charge is 0.234 e. The molecule has 21 heavy (non-hydrogen) atoms. The highest BCUT2D eigenvalue weighted by Crippen LogP contribution is 2.15. The van der Waals surface area contributed by atoms with E-state index in [9.17, 15) is 13.6 Å². The number of halogens is 2. The van der Waals surface area contributed by atoms with Gasteiger partial charge in [-0.05, 0) is 44.1 Å². The Morgan fingerprint density at radius 2 is 2.14 bits per heavy atom. The van der Waals surface area contributed by atoms with Gasteiger partial charge in [-0.3, -0.25) is 9.69 Å². The maximum atomic E-state index is 13.2. The molecule has 0 aromatic heterocycles. The Balaban J connectivity index is 1.87. The molecule has 1 aliphatic heterocycles. The van der Waals surface area contributed by atoms with Gasteiger partial charge in [0.15, 0.2) is 11.6 Å². The van der Waals surface area contributed by atoms with E-state index in [0.29, 0.717) is 12.1 Å². The first-order valence-electron chi connectivity index (χ1n) is 7.23. The van der Waals surface area contributed by atoms with Crippen LogP contribution in [0.15, 0.2) is 18.2 Å². The van der Waals surface area contributed by atoms with E-state index in [0.717, 1.165) is 44.7 Å². The van der Waals surface area contributed by atoms with E-state index in [-0.39, 0.29) is 11.9 Å². The lowest BCUT2D eigenvalue weighted by Crippen LogP contribution is -2.39. The highest BCUT2D eigenvalue weighted by Gasteiger charge is 2.16. The number of hydrogen-bond acceptors (Lipinski definition) is 3. The summed E-state index contributed by atoms with van der Waals surface area (Å²) in [5.41, 5.74) is 0.555. The summed E-state index contributed by atoms with van der Waals surface area (Å²) < 4.78 is 26.1. The van der Waals surface area contributed by atoms with Crippen LogP contribution < -0.4 is 10.6 Å². The third-order valence-electron chi connectivity index (χ3n) is 3.62. The van der Waals surface area contributed by atoms with E-state index in [1.807, 2.05) is 0 Å². The van der Waals surface area contributed by atoms with Crippen molar-refractivity contribution in [2.45, 2.75) is 19.4 Å². The van der Waals surface area contributed by atoms with Crippen molar-refractivity contribution in [1.82, 2.24) is 15.5 Å². The number of carbonyl (C=O) groups is 1. The molecule has 4 nitrogen and oxygen atoms in total. The van der Waals surface area contributed by atoms with Crippen LogP contribution in [0.25, 0.3) is 0 Å².